The molecule has 0 radical (unpaired) electrons. The Morgan fingerprint density at radius 2 is 1.76 bits per heavy atom. The predicted molar refractivity (Wildman–Crippen MR) is 180 cm³/mol. The number of nitrogens with zero attached hydrogens (tertiary/aromatic N) is 2. The summed E-state index contributed by atoms with van der Waals surface area (Å²) >= 11 is 0. The Labute approximate surface area is 295 Å². The van der Waals surface area contributed by atoms with E-state index in [1.54, 1.807) is 33.2 Å². The number of hydrazine groups is 1. The van der Waals surface area contributed by atoms with Gasteiger partial charge in [0.1, 0.15) is 23.7 Å². The Bertz CT molecular complexity index is 1640. The number of nitrogens with one attached hydrogen (secondary N) is 2. The molecule has 2 saturated heterocycles. The Kier molecular flexibility index (Phi) is 12.3. The first kappa shape index (κ1) is 37.7. The standard InChI is InChI=1S/C37H44F2N4O8/c1-37(2,3)32(34(46)48-4)33(45)41-29(16-22-7-9-24(10-8-22)25-6-5-12-40-18-25)30(44)20-43(19-23-14-26(38)17-27(39)15-23)42-36(47)51-31-21-50-35-28(31)11-13-49-35/h5-10,12,14-15,17-18,28-32,35,44H,11,13,16,19-21H2,1-4H3,(H,41,45)(H,42,47). The summed E-state index contributed by atoms with van der Waals surface area (Å²) < 4.78 is 50.0. The van der Waals surface area contributed by atoms with Crippen LogP contribution in [0.4, 0.5) is 13.6 Å². The van der Waals surface area contributed by atoms with Gasteiger partial charge in [-0.15, -0.1) is 0 Å². The fourth-order valence-corrected chi connectivity index (χ4v) is 6.41. The molecule has 6 unspecified atom stereocenters. The number of aliphatic hydroxyl groups is 1. The van der Waals surface area contributed by atoms with Gasteiger partial charge in [0.15, 0.2) is 6.29 Å². The second-order valence-corrected chi connectivity index (χ2v) is 13.9. The van der Waals surface area contributed by atoms with Gasteiger partial charge in [0.2, 0.25) is 5.91 Å². The Balaban J connectivity index is 1.38. The summed E-state index contributed by atoms with van der Waals surface area (Å²) in [6.45, 7) is 5.24. The van der Waals surface area contributed by atoms with Crippen molar-refractivity contribution in [1.82, 2.24) is 20.7 Å². The normalized spacial score (nSPS) is 20.3. The molecule has 12 nitrogen and oxygen atoms in total. The van der Waals surface area contributed by atoms with Crippen molar-refractivity contribution in [1.29, 1.82) is 0 Å². The molecule has 2 amide bonds. The zero-order valence-corrected chi connectivity index (χ0v) is 29.0. The molecule has 2 aliphatic rings. The number of aromatic nitrogens is 1. The molecule has 14 heteroatoms. The molecule has 274 valence electrons. The third-order valence-electron chi connectivity index (χ3n) is 8.96. The predicted octanol–water partition coefficient (Wildman–Crippen LogP) is 4.16. The maximum atomic E-state index is 14.2. The number of hydrogen-bond donors (Lipinski definition) is 3. The number of fused-ring (bicyclic) bond motifs is 1. The molecule has 51 heavy (non-hydrogen) atoms. The van der Waals surface area contributed by atoms with E-state index >= 15 is 0 Å². The summed E-state index contributed by atoms with van der Waals surface area (Å²) in [6, 6.07) is 13.2. The minimum absolute atomic E-state index is 0.119. The van der Waals surface area contributed by atoms with Crippen molar-refractivity contribution >= 4 is 18.0 Å². The SMILES string of the molecule is COC(=O)C(C(=O)NC(Cc1ccc(-c2cccnc2)cc1)C(O)CN(Cc1cc(F)cc(F)c1)NC(=O)OC1COC2OCCC12)C(C)(C)C. The topological polar surface area (TPSA) is 149 Å². The van der Waals surface area contributed by atoms with Gasteiger partial charge in [0.25, 0.3) is 0 Å². The van der Waals surface area contributed by atoms with Crippen molar-refractivity contribution in [2.45, 2.75) is 64.7 Å². The van der Waals surface area contributed by atoms with Gasteiger partial charge < -0.3 is 29.4 Å². The van der Waals surface area contributed by atoms with Crippen LogP contribution in [0.15, 0.2) is 67.0 Å². The van der Waals surface area contributed by atoms with Crippen molar-refractivity contribution in [3.63, 3.8) is 0 Å². The number of hydrogen-bond acceptors (Lipinski definition) is 10. The molecule has 0 bridgehead atoms. The monoisotopic (exact) mass is 710 g/mol. The molecule has 6 atom stereocenters. The quantitative estimate of drug-likeness (QED) is 0.134. The number of ether oxygens (including phenoxy) is 4. The zero-order valence-electron chi connectivity index (χ0n) is 29.0. The molecule has 2 fully saturated rings. The fourth-order valence-electron chi connectivity index (χ4n) is 6.41. The van der Waals surface area contributed by atoms with Crippen molar-refractivity contribution in [3.05, 3.63) is 89.8 Å². The fraction of sp³-hybridized carbons (Fsp3) is 0.459. The maximum absolute atomic E-state index is 14.2. The van der Waals surface area contributed by atoms with E-state index in [0.717, 1.165) is 34.9 Å². The van der Waals surface area contributed by atoms with E-state index < -0.39 is 65.5 Å². The largest absolute Gasteiger partial charge is 0.468 e. The van der Waals surface area contributed by atoms with E-state index in [1.165, 1.54) is 12.1 Å². The lowest BCUT2D eigenvalue weighted by molar-refractivity contribution is -0.155. The minimum Gasteiger partial charge on any atom is -0.468 e. The first-order valence-corrected chi connectivity index (χ1v) is 16.8. The lowest BCUT2D eigenvalue weighted by Gasteiger charge is -2.33. The van der Waals surface area contributed by atoms with Crippen molar-refractivity contribution in [3.8, 4) is 11.1 Å². The third kappa shape index (κ3) is 10.1. The van der Waals surface area contributed by atoms with E-state index in [0.29, 0.717) is 13.0 Å². The average Bonchev–Trinajstić information content (AvgIpc) is 3.69. The Morgan fingerprint density at radius 1 is 1.04 bits per heavy atom. The molecule has 2 aliphatic heterocycles. The lowest BCUT2D eigenvalue weighted by Crippen LogP contribution is -2.55. The van der Waals surface area contributed by atoms with Crippen molar-refractivity contribution < 1.29 is 47.2 Å². The van der Waals surface area contributed by atoms with Crippen LogP contribution in [0, 0.1) is 28.9 Å². The second kappa shape index (κ2) is 16.7. The highest BCUT2D eigenvalue weighted by molar-refractivity contribution is 5.98. The van der Waals surface area contributed by atoms with Crippen LogP contribution in [0.1, 0.15) is 38.3 Å². The Hall–Kier alpha value is -4.50. The number of aliphatic hydroxyl groups excluding tert-OH is 1. The molecule has 3 heterocycles. The summed E-state index contributed by atoms with van der Waals surface area (Å²) in [6.07, 6.45) is 0.893. The minimum atomic E-state index is -1.38. The molecular weight excluding hydrogens is 666 g/mol. The summed E-state index contributed by atoms with van der Waals surface area (Å²) in [5, 5.41) is 15.8. The van der Waals surface area contributed by atoms with E-state index in [4.69, 9.17) is 18.9 Å². The number of carbonyl (C=O) groups excluding carboxylic acids is 3. The number of rotatable bonds is 13. The van der Waals surface area contributed by atoms with Gasteiger partial charge in [0, 0.05) is 31.5 Å². The van der Waals surface area contributed by atoms with Crippen LogP contribution in [0.3, 0.4) is 0 Å². The summed E-state index contributed by atoms with van der Waals surface area (Å²) in [5.74, 6) is -4.38. The van der Waals surface area contributed by atoms with Crippen LogP contribution in [0.5, 0.6) is 0 Å². The number of carbonyl (C=O) groups is 3. The van der Waals surface area contributed by atoms with E-state index in [1.807, 2.05) is 36.4 Å². The highest BCUT2D eigenvalue weighted by Crippen LogP contribution is 2.33. The van der Waals surface area contributed by atoms with Crippen LogP contribution >= 0.6 is 0 Å². The highest BCUT2D eigenvalue weighted by Gasteiger charge is 2.44. The maximum Gasteiger partial charge on any atom is 0.422 e. The number of amides is 2. The van der Waals surface area contributed by atoms with Crippen LogP contribution in [-0.4, -0.2) is 84.5 Å². The molecular formula is C37H44F2N4O8. The average molecular weight is 711 g/mol. The molecule has 2 aromatic carbocycles. The van der Waals surface area contributed by atoms with Crippen LogP contribution in [0.25, 0.3) is 11.1 Å². The molecule has 1 aromatic heterocycles. The molecule has 0 aliphatic carbocycles. The molecule has 3 aromatic rings. The number of pyridine rings is 1. The molecule has 0 spiro atoms. The van der Waals surface area contributed by atoms with Gasteiger partial charge >= 0.3 is 12.1 Å². The van der Waals surface area contributed by atoms with Gasteiger partial charge in [-0.25, -0.2) is 18.6 Å². The summed E-state index contributed by atoms with van der Waals surface area (Å²) in [5.41, 5.74) is 4.49. The van der Waals surface area contributed by atoms with Crippen LogP contribution in [-0.2, 0) is 41.5 Å². The number of benzene rings is 2. The second-order valence-electron chi connectivity index (χ2n) is 13.9. The van der Waals surface area contributed by atoms with Crippen molar-refractivity contribution in [2.75, 3.05) is 26.9 Å². The molecule has 0 saturated carbocycles. The Morgan fingerprint density at radius 3 is 2.41 bits per heavy atom. The van der Waals surface area contributed by atoms with Gasteiger partial charge in [-0.1, -0.05) is 51.1 Å². The number of esters is 1. The highest BCUT2D eigenvalue weighted by atomic mass is 19.1. The van der Waals surface area contributed by atoms with Gasteiger partial charge in [-0.05, 0) is 58.7 Å². The number of halogens is 2. The van der Waals surface area contributed by atoms with E-state index in [-0.39, 0.29) is 37.6 Å². The first-order valence-electron chi connectivity index (χ1n) is 16.8. The third-order valence-corrected chi connectivity index (χ3v) is 8.96. The van der Waals surface area contributed by atoms with Gasteiger partial charge in [-0.2, -0.15) is 0 Å². The van der Waals surface area contributed by atoms with Crippen LogP contribution in [0.2, 0.25) is 0 Å². The smallest absolute Gasteiger partial charge is 0.422 e. The molecule has 3 N–H and O–H groups in total. The van der Waals surface area contributed by atoms with Gasteiger partial charge in [-0.3, -0.25) is 20.0 Å². The summed E-state index contributed by atoms with van der Waals surface area (Å²) in [7, 11) is 1.19. The van der Waals surface area contributed by atoms with E-state index in [9.17, 15) is 28.3 Å². The molecule has 5 rings (SSSR count). The summed E-state index contributed by atoms with van der Waals surface area (Å²) in [4.78, 5) is 43.8. The lowest BCUT2D eigenvalue weighted by atomic mass is 9.80. The number of methoxy groups -OCH3 is 1. The first-order chi connectivity index (χ1) is 24.3. The van der Waals surface area contributed by atoms with Crippen molar-refractivity contribution in [2.24, 2.45) is 17.3 Å². The zero-order chi connectivity index (χ0) is 36.7. The van der Waals surface area contributed by atoms with Gasteiger partial charge in [0.05, 0.1) is 38.4 Å². The van der Waals surface area contributed by atoms with E-state index in [2.05, 4.69) is 15.7 Å². The van der Waals surface area contributed by atoms with Crippen LogP contribution < -0.4 is 10.7 Å².